The van der Waals surface area contributed by atoms with Gasteiger partial charge >= 0.3 is 0 Å². The maximum absolute atomic E-state index is 8.69. The maximum Gasteiger partial charge on any atom is 0.154 e. The van der Waals surface area contributed by atoms with Crippen LogP contribution in [-0.2, 0) is 9.47 Å². The summed E-state index contributed by atoms with van der Waals surface area (Å²) in [6, 6.07) is 0. The largest absolute Gasteiger partial charge is 0.368 e. The third kappa shape index (κ3) is 9.88. The van der Waals surface area contributed by atoms with Crippen molar-refractivity contribution in [2.75, 3.05) is 13.4 Å². The lowest BCUT2D eigenvalue weighted by Gasteiger charge is -2.06. The number of aliphatic hydroxyl groups is 1. The predicted octanol–water partition coefficient (Wildman–Crippen LogP) is 1.90. The van der Waals surface area contributed by atoms with Crippen molar-refractivity contribution in [3.05, 3.63) is 0 Å². The van der Waals surface area contributed by atoms with Crippen LogP contribution in [0, 0.1) is 0 Å². The molecule has 1 unspecified atom stereocenters. The van der Waals surface area contributed by atoms with E-state index in [1.54, 1.807) is 6.92 Å². The monoisotopic (exact) mass is 176 g/mol. The van der Waals surface area contributed by atoms with Crippen LogP contribution in [0.15, 0.2) is 0 Å². The molecule has 3 heteroatoms. The molecular formula is C9H20O3. The summed E-state index contributed by atoms with van der Waals surface area (Å²) in [5, 5.41) is 8.69. The van der Waals surface area contributed by atoms with Crippen molar-refractivity contribution in [3.63, 3.8) is 0 Å². The Kier molecular flexibility index (Phi) is 8.88. The molecule has 0 bridgehead atoms. The second-order valence-corrected chi connectivity index (χ2v) is 2.85. The fourth-order valence-electron chi connectivity index (χ4n) is 0.836. The van der Waals surface area contributed by atoms with Crippen molar-refractivity contribution >= 4 is 0 Å². The van der Waals surface area contributed by atoms with E-state index in [9.17, 15) is 0 Å². The van der Waals surface area contributed by atoms with E-state index in [0.29, 0.717) is 0 Å². The van der Waals surface area contributed by atoms with Crippen LogP contribution >= 0.6 is 0 Å². The van der Waals surface area contributed by atoms with Gasteiger partial charge in [-0.1, -0.05) is 26.2 Å². The summed E-state index contributed by atoms with van der Waals surface area (Å²) in [4.78, 5) is 0. The van der Waals surface area contributed by atoms with Gasteiger partial charge in [-0.25, -0.2) is 0 Å². The topological polar surface area (TPSA) is 38.7 Å². The van der Waals surface area contributed by atoms with E-state index in [0.717, 1.165) is 13.0 Å². The Morgan fingerprint density at radius 1 is 1.25 bits per heavy atom. The summed E-state index contributed by atoms with van der Waals surface area (Å²) in [5.41, 5.74) is 0. The summed E-state index contributed by atoms with van der Waals surface area (Å²) >= 11 is 0. The highest BCUT2D eigenvalue weighted by Gasteiger charge is 1.93. The lowest BCUT2D eigenvalue weighted by Crippen LogP contribution is -2.10. The Hall–Kier alpha value is -0.120. The minimum Gasteiger partial charge on any atom is -0.368 e. The second-order valence-electron chi connectivity index (χ2n) is 2.85. The van der Waals surface area contributed by atoms with Gasteiger partial charge in [0.05, 0.1) is 0 Å². The molecule has 0 radical (unpaired) electrons. The molecule has 0 aromatic carbocycles. The van der Waals surface area contributed by atoms with Gasteiger partial charge in [0.1, 0.15) is 6.79 Å². The number of aliphatic hydroxyl groups excluding tert-OH is 1. The van der Waals surface area contributed by atoms with Gasteiger partial charge in [0.25, 0.3) is 0 Å². The molecule has 0 spiro atoms. The minimum absolute atomic E-state index is 0.198. The average molecular weight is 176 g/mol. The van der Waals surface area contributed by atoms with Crippen LogP contribution in [-0.4, -0.2) is 24.8 Å². The second kappa shape index (κ2) is 8.97. The molecule has 0 heterocycles. The number of unbranched alkanes of at least 4 members (excludes halogenated alkanes) is 3. The van der Waals surface area contributed by atoms with Gasteiger partial charge in [0, 0.05) is 6.61 Å². The fourth-order valence-corrected chi connectivity index (χ4v) is 0.836. The van der Waals surface area contributed by atoms with Crippen molar-refractivity contribution in [2.24, 2.45) is 0 Å². The molecule has 12 heavy (non-hydrogen) atoms. The van der Waals surface area contributed by atoms with Gasteiger partial charge in [-0.3, -0.25) is 0 Å². The predicted molar refractivity (Wildman–Crippen MR) is 47.7 cm³/mol. The Bertz CT molecular complexity index is 83.8. The minimum atomic E-state index is -0.722. The van der Waals surface area contributed by atoms with Gasteiger partial charge in [-0.05, 0) is 13.3 Å². The molecule has 0 rings (SSSR count). The standard InChI is InChI=1S/C9H20O3/c1-3-4-5-6-7-11-8-12-9(2)10/h9-10H,3-8H2,1-2H3. The van der Waals surface area contributed by atoms with Gasteiger partial charge in [0.15, 0.2) is 6.29 Å². The Morgan fingerprint density at radius 2 is 2.00 bits per heavy atom. The van der Waals surface area contributed by atoms with Gasteiger partial charge in [0.2, 0.25) is 0 Å². The number of rotatable bonds is 8. The SMILES string of the molecule is CCCCCCOCOC(C)O. The van der Waals surface area contributed by atoms with E-state index in [1.165, 1.54) is 19.3 Å². The molecule has 0 saturated heterocycles. The molecule has 0 aromatic heterocycles. The summed E-state index contributed by atoms with van der Waals surface area (Å²) in [6.45, 7) is 4.67. The molecule has 0 aromatic rings. The first-order valence-corrected chi connectivity index (χ1v) is 4.64. The van der Waals surface area contributed by atoms with E-state index < -0.39 is 6.29 Å². The smallest absolute Gasteiger partial charge is 0.154 e. The molecule has 1 N–H and O–H groups in total. The Morgan fingerprint density at radius 3 is 2.58 bits per heavy atom. The zero-order valence-corrected chi connectivity index (χ0v) is 8.08. The highest BCUT2D eigenvalue weighted by atomic mass is 16.7. The quantitative estimate of drug-likeness (QED) is 0.453. The van der Waals surface area contributed by atoms with E-state index in [4.69, 9.17) is 14.6 Å². The molecule has 0 amide bonds. The number of ether oxygens (including phenoxy) is 2. The van der Waals surface area contributed by atoms with Crippen molar-refractivity contribution in [2.45, 2.75) is 45.8 Å². The molecule has 0 saturated carbocycles. The molecule has 0 aliphatic heterocycles. The third-order valence-electron chi connectivity index (χ3n) is 1.53. The first-order valence-electron chi connectivity index (χ1n) is 4.64. The summed E-state index contributed by atoms with van der Waals surface area (Å²) in [6.07, 6.45) is 4.08. The molecule has 1 atom stereocenters. The van der Waals surface area contributed by atoms with Crippen LogP contribution in [0.3, 0.4) is 0 Å². The number of hydrogen-bond donors (Lipinski definition) is 1. The molecule has 74 valence electrons. The molecule has 0 aliphatic rings. The van der Waals surface area contributed by atoms with Crippen LogP contribution < -0.4 is 0 Å². The maximum atomic E-state index is 8.69. The van der Waals surface area contributed by atoms with Crippen LogP contribution in [0.25, 0.3) is 0 Å². The van der Waals surface area contributed by atoms with E-state index in [1.807, 2.05) is 0 Å². The van der Waals surface area contributed by atoms with Crippen molar-refractivity contribution < 1.29 is 14.6 Å². The summed E-state index contributed by atoms with van der Waals surface area (Å²) in [7, 11) is 0. The zero-order chi connectivity index (χ0) is 9.23. The van der Waals surface area contributed by atoms with Crippen LogP contribution in [0.1, 0.15) is 39.5 Å². The van der Waals surface area contributed by atoms with Gasteiger partial charge in [-0.15, -0.1) is 0 Å². The van der Waals surface area contributed by atoms with E-state index in [-0.39, 0.29) is 6.79 Å². The third-order valence-corrected chi connectivity index (χ3v) is 1.53. The average Bonchev–Trinajstić information content (AvgIpc) is 2.02. The number of hydrogen-bond acceptors (Lipinski definition) is 3. The molecule has 0 aliphatic carbocycles. The molecular weight excluding hydrogens is 156 g/mol. The van der Waals surface area contributed by atoms with E-state index >= 15 is 0 Å². The first-order chi connectivity index (χ1) is 5.77. The van der Waals surface area contributed by atoms with Crippen molar-refractivity contribution in [1.82, 2.24) is 0 Å². The molecule has 0 fully saturated rings. The van der Waals surface area contributed by atoms with Crippen molar-refractivity contribution in [1.29, 1.82) is 0 Å². The lowest BCUT2D eigenvalue weighted by atomic mass is 10.2. The van der Waals surface area contributed by atoms with Crippen LogP contribution in [0.4, 0.5) is 0 Å². The van der Waals surface area contributed by atoms with Crippen LogP contribution in [0.5, 0.6) is 0 Å². The summed E-state index contributed by atoms with van der Waals surface area (Å²) in [5.74, 6) is 0. The Labute approximate surface area is 74.7 Å². The zero-order valence-electron chi connectivity index (χ0n) is 8.08. The van der Waals surface area contributed by atoms with Crippen molar-refractivity contribution in [3.8, 4) is 0 Å². The van der Waals surface area contributed by atoms with Gasteiger partial charge in [-0.2, -0.15) is 0 Å². The lowest BCUT2D eigenvalue weighted by molar-refractivity contribution is -0.160. The summed E-state index contributed by atoms with van der Waals surface area (Å²) < 4.78 is 9.89. The normalized spacial score (nSPS) is 13.2. The first kappa shape index (κ1) is 11.9. The van der Waals surface area contributed by atoms with E-state index in [2.05, 4.69) is 6.92 Å². The van der Waals surface area contributed by atoms with Gasteiger partial charge < -0.3 is 14.6 Å². The highest BCUT2D eigenvalue weighted by molar-refractivity contribution is 4.37. The Balaban J connectivity index is 2.82. The molecule has 3 nitrogen and oxygen atoms in total. The fraction of sp³-hybridized carbons (Fsp3) is 1.00. The highest BCUT2D eigenvalue weighted by Crippen LogP contribution is 1.98. The van der Waals surface area contributed by atoms with Crippen LogP contribution in [0.2, 0.25) is 0 Å².